The highest BCUT2D eigenvalue weighted by Gasteiger charge is 2.13. The minimum Gasteiger partial charge on any atom is -0.323 e. The fourth-order valence-electron chi connectivity index (χ4n) is 2.42. The second-order valence-corrected chi connectivity index (χ2v) is 4.64. The molecule has 3 rings (SSSR count). The van der Waals surface area contributed by atoms with Crippen molar-refractivity contribution in [2.75, 3.05) is 0 Å². The highest BCUT2D eigenvalue weighted by molar-refractivity contribution is 5.33. The van der Waals surface area contributed by atoms with Crippen molar-refractivity contribution in [1.29, 1.82) is 0 Å². The van der Waals surface area contributed by atoms with Crippen LogP contribution in [0, 0.1) is 11.8 Å². The monoisotopic (exact) mass is 236 g/mol. The van der Waals surface area contributed by atoms with E-state index in [1.165, 1.54) is 24.2 Å². The van der Waals surface area contributed by atoms with Gasteiger partial charge in [0.05, 0.1) is 18.6 Å². The normalized spacial score (nSPS) is 13.6. The second-order valence-electron chi connectivity index (χ2n) is 4.64. The standard InChI is InChI=1S/C16H16N2/c1-2-7-14(8-3-1)9-6-12-18-13-17-15-10-4-5-11-16(15)18/h1-3,7-8,13H,4-5,10-12H2. The first-order valence-electron chi connectivity index (χ1n) is 6.50. The molecule has 0 aliphatic heterocycles. The Morgan fingerprint density at radius 1 is 1.11 bits per heavy atom. The van der Waals surface area contributed by atoms with Gasteiger partial charge < -0.3 is 4.57 Å². The van der Waals surface area contributed by atoms with E-state index in [1.54, 1.807) is 0 Å². The lowest BCUT2D eigenvalue weighted by Gasteiger charge is -2.12. The van der Waals surface area contributed by atoms with Crippen LogP contribution in [0.2, 0.25) is 0 Å². The average molecular weight is 236 g/mol. The molecule has 2 aromatic rings. The molecule has 2 nitrogen and oxygen atoms in total. The Morgan fingerprint density at radius 3 is 2.83 bits per heavy atom. The zero-order chi connectivity index (χ0) is 12.2. The number of benzene rings is 1. The SMILES string of the molecule is C(#Cc1ccccc1)Cn1cnc2c1CCCC2. The smallest absolute Gasteiger partial charge is 0.0960 e. The van der Waals surface area contributed by atoms with E-state index >= 15 is 0 Å². The molecule has 0 saturated heterocycles. The number of imidazole rings is 1. The fourth-order valence-corrected chi connectivity index (χ4v) is 2.42. The second kappa shape index (κ2) is 5.10. The van der Waals surface area contributed by atoms with Crippen molar-refractivity contribution < 1.29 is 0 Å². The lowest BCUT2D eigenvalue weighted by atomic mass is 10.0. The molecule has 0 unspecified atom stereocenters. The van der Waals surface area contributed by atoms with Crippen LogP contribution in [0.4, 0.5) is 0 Å². The zero-order valence-electron chi connectivity index (χ0n) is 10.4. The lowest BCUT2D eigenvalue weighted by molar-refractivity contribution is 0.635. The molecule has 0 bridgehead atoms. The molecule has 0 saturated carbocycles. The van der Waals surface area contributed by atoms with Crippen LogP contribution in [0.5, 0.6) is 0 Å². The van der Waals surface area contributed by atoms with Crippen LogP contribution in [-0.4, -0.2) is 9.55 Å². The summed E-state index contributed by atoms with van der Waals surface area (Å²) in [7, 11) is 0. The molecule has 1 aliphatic carbocycles. The number of aryl methyl sites for hydroxylation is 1. The maximum Gasteiger partial charge on any atom is 0.0960 e. The van der Waals surface area contributed by atoms with E-state index in [9.17, 15) is 0 Å². The van der Waals surface area contributed by atoms with Crippen molar-refractivity contribution in [3.63, 3.8) is 0 Å². The zero-order valence-corrected chi connectivity index (χ0v) is 10.4. The number of nitrogens with zero attached hydrogens (tertiary/aromatic N) is 2. The summed E-state index contributed by atoms with van der Waals surface area (Å²) in [6.07, 6.45) is 6.79. The highest BCUT2D eigenvalue weighted by Crippen LogP contribution is 2.19. The largest absolute Gasteiger partial charge is 0.323 e. The Morgan fingerprint density at radius 2 is 1.94 bits per heavy atom. The van der Waals surface area contributed by atoms with Crippen molar-refractivity contribution >= 4 is 0 Å². The van der Waals surface area contributed by atoms with Gasteiger partial charge >= 0.3 is 0 Å². The van der Waals surface area contributed by atoms with Gasteiger partial charge in [-0.15, -0.1) is 0 Å². The van der Waals surface area contributed by atoms with Gasteiger partial charge in [0.1, 0.15) is 0 Å². The molecule has 90 valence electrons. The number of hydrogen-bond donors (Lipinski definition) is 0. The average Bonchev–Trinajstić information content (AvgIpc) is 2.84. The van der Waals surface area contributed by atoms with Gasteiger partial charge in [0.25, 0.3) is 0 Å². The van der Waals surface area contributed by atoms with Crippen molar-refractivity contribution in [2.24, 2.45) is 0 Å². The maximum atomic E-state index is 4.48. The molecule has 18 heavy (non-hydrogen) atoms. The molecule has 0 radical (unpaired) electrons. The summed E-state index contributed by atoms with van der Waals surface area (Å²) in [5.74, 6) is 6.42. The Bertz CT molecular complexity index is 585. The summed E-state index contributed by atoms with van der Waals surface area (Å²) in [6, 6.07) is 10.1. The van der Waals surface area contributed by atoms with Crippen LogP contribution >= 0.6 is 0 Å². The predicted octanol–water partition coefficient (Wildman–Crippen LogP) is 2.81. The first kappa shape index (κ1) is 11.1. The predicted molar refractivity (Wildman–Crippen MR) is 72.2 cm³/mol. The van der Waals surface area contributed by atoms with E-state index in [4.69, 9.17) is 0 Å². The lowest BCUT2D eigenvalue weighted by Crippen LogP contribution is -2.07. The maximum absolute atomic E-state index is 4.48. The van der Waals surface area contributed by atoms with Crippen molar-refractivity contribution in [1.82, 2.24) is 9.55 Å². The third-order valence-corrected chi connectivity index (χ3v) is 3.37. The van der Waals surface area contributed by atoms with Crippen LogP contribution in [-0.2, 0) is 19.4 Å². The number of hydrogen-bond acceptors (Lipinski definition) is 1. The Labute approximate surface area is 108 Å². The van der Waals surface area contributed by atoms with Crippen LogP contribution < -0.4 is 0 Å². The molecule has 1 aromatic carbocycles. The van der Waals surface area contributed by atoms with Crippen molar-refractivity contribution in [3.05, 3.63) is 53.6 Å². The highest BCUT2D eigenvalue weighted by atomic mass is 15.1. The molecule has 2 heteroatoms. The number of fused-ring (bicyclic) bond motifs is 1. The van der Waals surface area contributed by atoms with Gasteiger partial charge in [-0.2, -0.15) is 0 Å². The summed E-state index contributed by atoms with van der Waals surface area (Å²) in [6.45, 7) is 0.747. The van der Waals surface area contributed by atoms with Crippen LogP contribution in [0.25, 0.3) is 0 Å². The van der Waals surface area contributed by atoms with E-state index in [0.717, 1.165) is 24.9 Å². The van der Waals surface area contributed by atoms with E-state index in [0.29, 0.717) is 0 Å². The van der Waals surface area contributed by atoms with Crippen LogP contribution in [0.1, 0.15) is 29.8 Å². The molecule has 1 heterocycles. The van der Waals surface area contributed by atoms with Gasteiger partial charge in [0.15, 0.2) is 0 Å². The molecular formula is C16H16N2. The molecular weight excluding hydrogens is 220 g/mol. The Balaban J connectivity index is 1.74. The van der Waals surface area contributed by atoms with Crippen molar-refractivity contribution in [3.8, 4) is 11.8 Å². The molecule has 0 amide bonds. The van der Waals surface area contributed by atoms with E-state index in [2.05, 4.69) is 21.4 Å². The van der Waals surface area contributed by atoms with Gasteiger partial charge in [-0.05, 0) is 37.8 Å². The molecule has 1 aromatic heterocycles. The summed E-state index contributed by atoms with van der Waals surface area (Å²) >= 11 is 0. The van der Waals surface area contributed by atoms with Gasteiger partial charge in [0.2, 0.25) is 0 Å². The minimum absolute atomic E-state index is 0.747. The molecule has 0 spiro atoms. The third-order valence-electron chi connectivity index (χ3n) is 3.37. The van der Waals surface area contributed by atoms with Gasteiger partial charge in [-0.3, -0.25) is 0 Å². The molecule has 1 aliphatic rings. The minimum atomic E-state index is 0.747. The topological polar surface area (TPSA) is 17.8 Å². The first-order valence-corrected chi connectivity index (χ1v) is 6.50. The molecule has 0 fully saturated rings. The molecule has 0 N–H and O–H groups in total. The summed E-state index contributed by atoms with van der Waals surface area (Å²) in [5.41, 5.74) is 3.75. The van der Waals surface area contributed by atoms with Gasteiger partial charge in [0, 0.05) is 11.3 Å². The summed E-state index contributed by atoms with van der Waals surface area (Å²) < 4.78 is 2.20. The van der Waals surface area contributed by atoms with Gasteiger partial charge in [-0.1, -0.05) is 30.0 Å². The van der Waals surface area contributed by atoms with Crippen LogP contribution in [0.15, 0.2) is 36.7 Å². The molecule has 0 atom stereocenters. The van der Waals surface area contributed by atoms with E-state index in [1.807, 2.05) is 36.7 Å². The summed E-state index contributed by atoms with van der Waals surface area (Å²) in [5, 5.41) is 0. The van der Waals surface area contributed by atoms with E-state index in [-0.39, 0.29) is 0 Å². The quantitative estimate of drug-likeness (QED) is 0.696. The Hall–Kier alpha value is -2.01. The third kappa shape index (κ3) is 2.31. The first-order chi connectivity index (χ1) is 8.93. The van der Waals surface area contributed by atoms with Crippen molar-refractivity contribution in [2.45, 2.75) is 32.2 Å². The summed E-state index contributed by atoms with van der Waals surface area (Å²) in [4.78, 5) is 4.48. The fraction of sp³-hybridized carbons (Fsp3) is 0.312. The van der Waals surface area contributed by atoms with Crippen LogP contribution in [0.3, 0.4) is 0 Å². The van der Waals surface area contributed by atoms with E-state index < -0.39 is 0 Å². The number of aromatic nitrogens is 2. The number of rotatable bonds is 1. The Kier molecular flexibility index (Phi) is 3.14. The van der Waals surface area contributed by atoms with Gasteiger partial charge in [-0.25, -0.2) is 4.98 Å².